The van der Waals surface area contributed by atoms with Gasteiger partial charge in [0, 0.05) is 24.6 Å². The topological polar surface area (TPSA) is 51.0 Å². The Hall–Kier alpha value is -2.17. The van der Waals surface area contributed by atoms with Gasteiger partial charge in [0.2, 0.25) is 5.91 Å². The van der Waals surface area contributed by atoms with Gasteiger partial charge >= 0.3 is 0 Å². The minimum absolute atomic E-state index is 0.144. The summed E-state index contributed by atoms with van der Waals surface area (Å²) in [5.41, 5.74) is 3.14. The van der Waals surface area contributed by atoms with E-state index >= 15 is 0 Å². The Morgan fingerprint density at radius 1 is 1.32 bits per heavy atom. The second kappa shape index (κ2) is 5.91. The molecule has 3 heterocycles. The van der Waals surface area contributed by atoms with Crippen molar-refractivity contribution in [3.63, 3.8) is 0 Å². The van der Waals surface area contributed by atoms with E-state index in [-0.39, 0.29) is 18.0 Å². The van der Waals surface area contributed by atoms with Gasteiger partial charge in [-0.15, -0.1) is 0 Å². The largest absolute Gasteiger partial charge is 0.334 e. The maximum absolute atomic E-state index is 12.9. The van der Waals surface area contributed by atoms with E-state index in [9.17, 15) is 4.79 Å². The maximum atomic E-state index is 12.9. The van der Waals surface area contributed by atoms with Gasteiger partial charge in [-0.3, -0.25) is 14.5 Å². The van der Waals surface area contributed by atoms with Gasteiger partial charge in [-0.05, 0) is 57.4 Å². The molecule has 2 unspecified atom stereocenters. The summed E-state index contributed by atoms with van der Waals surface area (Å²) < 4.78 is 1.83. The van der Waals surface area contributed by atoms with Crippen molar-refractivity contribution in [1.29, 1.82) is 0 Å². The lowest BCUT2D eigenvalue weighted by Crippen LogP contribution is -2.36. The monoisotopic (exact) mass is 298 g/mol. The van der Waals surface area contributed by atoms with Crippen molar-refractivity contribution in [3.8, 4) is 0 Å². The molecule has 2 aromatic rings. The SMILES string of the molecule is Cc1cc(C)n(C(C)C(=O)N2CCCC2c2ccncc2)n1. The number of rotatable bonds is 3. The third kappa shape index (κ3) is 2.63. The molecule has 0 spiro atoms. The number of likely N-dealkylation sites (tertiary alicyclic amines) is 1. The van der Waals surface area contributed by atoms with Crippen LogP contribution in [-0.2, 0) is 4.79 Å². The average Bonchev–Trinajstić information content (AvgIpc) is 3.13. The van der Waals surface area contributed by atoms with Crippen LogP contribution in [0.3, 0.4) is 0 Å². The van der Waals surface area contributed by atoms with E-state index < -0.39 is 0 Å². The lowest BCUT2D eigenvalue weighted by atomic mass is 10.1. The molecule has 0 aliphatic carbocycles. The first-order chi connectivity index (χ1) is 10.6. The quantitative estimate of drug-likeness (QED) is 0.875. The molecule has 3 rings (SSSR count). The highest BCUT2D eigenvalue weighted by Gasteiger charge is 2.33. The van der Waals surface area contributed by atoms with Gasteiger partial charge in [-0.1, -0.05) is 0 Å². The highest BCUT2D eigenvalue weighted by atomic mass is 16.2. The van der Waals surface area contributed by atoms with Crippen LogP contribution in [0.2, 0.25) is 0 Å². The van der Waals surface area contributed by atoms with E-state index in [0.29, 0.717) is 0 Å². The number of aromatic nitrogens is 3. The van der Waals surface area contributed by atoms with E-state index in [0.717, 1.165) is 30.8 Å². The summed E-state index contributed by atoms with van der Waals surface area (Å²) in [6, 6.07) is 5.91. The first kappa shape index (κ1) is 14.8. The summed E-state index contributed by atoms with van der Waals surface area (Å²) in [6.07, 6.45) is 5.64. The van der Waals surface area contributed by atoms with Crippen molar-refractivity contribution in [2.75, 3.05) is 6.54 Å². The van der Waals surface area contributed by atoms with Crippen molar-refractivity contribution < 1.29 is 4.79 Å². The number of amides is 1. The number of carbonyl (C=O) groups excluding carboxylic acids is 1. The first-order valence-corrected chi connectivity index (χ1v) is 7.81. The van der Waals surface area contributed by atoms with Crippen LogP contribution in [0.4, 0.5) is 0 Å². The van der Waals surface area contributed by atoms with E-state index in [4.69, 9.17) is 0 Å². The van der Waals surface area contributed by atoms with Gasteiger partial charge in [-0.2, -0.15) is 5.10 Å². The Bertz CT molecular complexity index is 665. The van der Waals surface area contributed by atoms with E-state index in [1.165, 1.54) is 5.56 Å². The molecule has 22 heavy (non-hydrogen) atoms. The predicted octanol–water partition coefficient (Wildman–Crippen LogP) is 2.82. The highest BCUT2D eigenvalue weighted by Crippen LogP contribution is 2.33. The summed E-state index contributed by atoms with van der Waals surface area (Å²) in [6.45, 7) is 6.70. The second-order valence-corrected chi connectivity index (χ2v) is 6.02. The molecule has 1 saturated heterocycles. The summed E-state index contributed by atoms with van der Waals surface area (Å²) in [7, 11) is 0. The van der Waals surface area contributed by atoms with Crippen LogP contribution in [0.15, 0.2) is 30.6 Å². The van der Waals surface area contributed by atoms with Gasteiger partial charge in [0.05, 0.1) is 11.7 Å². The molecule has 0 bridgehead atoms. The Labute approximate surface area is 131 Å². The van der Waals surface area contributed by atoms with E-state index in [1.807, 2.05) is 48.6 Å². The Balaban J connectivity index is 1.83. The molecule has 5 nitrogen and oxygen atoms in total. The minimum Gasteiger partial charge on any atom is -0.334 e. The molecular formula is C17H22N4O. The zero-order valence-electron chi connectivity index (χ0n) is 13.4. The van der Waals surface area contributed by atoms with Crippen molar-refractivity contribution in [3.05, 3.63) is 47.5 Å². The van der Waals surface area contributed by atoms with Crippen LogP contribution in [0, 0.1) is 13.8 Å². The number of aryl methyl sites for hydroxylation is 2. The number of nitrogens with zero attached hydrogens (tertiary/aromatic N) is 4. The standard InChI is InChI=1S/C17H22N4O/c1-12-11-13(2)21(19-12)14(3)17(22)20-10-4-5-16(20)15-6-8-18-9-7-15/h6-9,11,14,16H,4-5,10H2,1-3H3. The zero-order chi connectivity index (χ0) is 15.7. The van der Waals surface area contributed by atoms with Gasteiger partial charge in [0.15, 0.2) is 0 Å². The molecule has 5 heteroatoms. The number of hydrogen-bond acceptors (Lipinski definition) is 3. The van der Waals surface area contributed by atoms with Crippen molar-refractivity contribution in [2.24, 2.45) is 0 Å². The maximum Gasteiger partial charge on any atom is 0.247 e. The molecule has 0 N–H and O–H groups in total. The summed E-state index contributed by atoms with van der Waals surface area (Å²) >= 11 is 0. The second-order valence-electron chi connectivity index (χ2n) is 6.02. The van der Waals surface area contributed by atoms with Crippen LogP contribution in [0.25, 0.3) is 0 Å². The molecule has 0 radical (unpaired) electrons. The Morgan fingerprint density at radius 3 is 2.68 bits per heavy atom. The van der Waals surface area contributed by atoms with Crippen LogP contribution >= 0.6 is 0 Å². The van der Waals surface area contributed by atoms with Gasteiger partial charge in [0.25, 0.3) is 0 Å². The van der Waals surface area contributed by atoms with Crippen molar-refractivity contribution in [1.82, 2.24) is 19.7 Å². The lowest BCUT2D eigenvalue weighted by molar-refractivity contribution is -0.135. The average molecular weight is 298 g/mol. The normalized spacial score (nSPS) is 19.4. The first-order valence-electron chi connectivity index (χ1n) is 7.81. The van der Waals surface area contributed by atoms with Crippen molar-refractivity contribution >= 4 is 5.91 Å². The minimum atomic E-state index is -0.267. The summed E-state index contributed by atoms with van der Waals surface area (Å²) in [5.74, 6) is 0.144. The molecule has 1 aliphatic heterocycles. The molecule has 1 aliphatic rings. The number of carbonyl (C=O) groups is 1. The zero-order valence-corrected chi connectivity index (χ0v) is 13.4. The molecule has 116 valence electrons. The predicted molar refractivity (Wildman–Crippen MR) is 84.3 cm³/mol. The number of hydrogen-bond donors (Lipinski definition) is 0. The molecule has 0 aromatic carbocycles. The van der Waals surface area contributed by atoms with E-state index in [1.54, 1.807) is 12.4 Å². The molecule has 2 aromatic heterocycles. The highest BCUT2D eigenvalue weighted by molar-refractivity contribution is 5.80. The smallest absolute Gasteiger partial charge is 0.247 e. The lowest BCUT2D eigenvalue weighted by Gasteiger charge is -2.28. The van der Waals surface area contributed by atoms with E-state index in [2.05, 4.69) is 10.1 Å². The Kier molecular flexibility index (Phi) is 3.96. The van der Waals surface area contributed by atoms with Gasteiger partial charge in [-0.25, -0.2) is 0 Å². The van der Waals surface area contributed by atoms with Crippen LogP contribution in [0.5, 0.6) is 0 Å². The molecule has 1 amide bonds. The van der Waals surface area contributed by atoms with Gasteiger partial charge < -0.3 is 4.90 Å². The molecular weight excluding hydrogens is 276 g/mol. The fourth-order valence-electron chi connectivity index (χ4n) is 3.35. The van der Waals surface area contributed by atoms with Crippen molar-refractivity contribution in [2.45, 2.75) is 45.7 Å². The molecule has 0 saturated carbocycles. The van der Waals surface area contributed by atoms with Crippen LogP contribution < -0.4 is 0 Å². The fraction of sp³-hybridized carbons (Fsp3) is 0.471. The summed E-state index contributed by atoms with van der Waals surface area (Å²) in [4.78, 5) is 19.0. The van der Waals surface area contributed by atoms with Crippen LogP contribution in [-0.4, -0.2) is 32.1 Å². The third-order valence-corrected chi connectivity index (χ3v) is 4.40. The van der Waals surface area contributed by atoms with Crippen LogP contribution in [0.1, 0.15) is 48.8 Å². The molecule has 1 fully saturated rings. The van der Waals surface area contributed by atoms with Gasteiger partial charge in [0.1, 0.15) is 6.04 Å². The fourth-order valence-corrected chi connectivity index (χ4v) is 3.35. The third-order valence-electron chi connectivity index (χ3n) is 4.40. The Morgan fingerprint density at radius 2 is 2.05 bits per heavy atom. The summed E-state index contributed by atoms with van der Waals surface area (Å²) in [5, 5.41) is 4.46. The number of pyridine rings is 1. The molecule has 2 atom stereocenters.